The number of carbonyl (C=O) groups excluding carboxylic acids is 2. The van der Waals surface area contributed by atoms with Crippen molar-refractivity contribution in [2.75, 3.05) is 12.4 Å². The van der Waals surface area contributed by atoms with Crippen LogP contribution >= 0.6 is 0 Å². The summed E-state index contributed by atoms with van der Waals surface area (Å²) in [6, 6.07) is 15.4. The molecule has 2 aromatic rings. The van der Waals surface area contributed by atoms with Crippen molar-refractivity contribution in [1.29, 1.82) is 0 Å². The lowest BCUT2D eigenvalue weighted by molar-refractivity contribution is -0.130. The highest BCUT2D eigenvalue weighted by atomic mass is 16.5. The molecule has 0 aromatic heterocycles. The summed E-state index contributed by atoms with van der Waals surface area (Å²) >= 11 is 0. The van der Waals surface area contributed by atoms with Gasteiger partial charge in [0.05, 0.1) is 19.6 Å². The molecule has 4 N–H and O–H groups in total. The molecule has 2 amide bonds. The first-order valence-electron chi connectivity index (χ1n) is 9.33. The van der Waals surface area contributed by atoms with E-state index in [2.05, 4.69) is 10.6 Å². The van der Waals surface area contributed by atoms with Gasteiger partial charge in [-0.25, -0.2) is 0 Å². The lowest BCUT2D eigenvalue weighted by Crippen LogP contribution is -2.58. The minimum absolute atomic E-state index is 0.142. The fraction of sp³-hybridized carbons (Fsp3) is 0.273. The van der Waals surface area contributed by atoms with Crippen LogP contribution in [0.5, 0.6) is 5.75 Å². The average molecular weight is 377 g/mol. The van der Waals surface area contributed by atoms with E-state index >= 15 is 0 Å². The maximum Gasteiger partial charge on any atom is 0.247 e. The maximum absolute atomic E-state index is 12.7. The molecule has 0 radical (unpaired) electrons. The Hall–Kier alpha value is -3.28. The molecule has 2 atom stereocenters. The number of nitrogens with two attached hydrogens (primary N) is 1. The van der Waals surface area contributed by atoms with Gasteiger partial charge in [0.25, 0.3) is 0 Å². The number of hydrogen-bond acceptors (Lipinski definition) is 4. The normalized spacial score (nSPS) is 22.3. The van der Waals surface area contributed by atoms with Gasteiger partial charge in [-0.2, -0.15) is 0 Å². The molecule has 2 unspecified atom stereocenters. The van der Waals surface area contributed by atoms with Crippen LogP contribution in [0.4, 0.5) is 5.69 Å². The van der Waals surface area contributed by atoms with E-state index in [0.717, 1.165) is 28.1 Å². The molecule has 28 heavy (non-hydrogen) atoms. The summed E-state index contributed by atoms with van der Waals surface area (Å²) in [5.41, 5.74) is 8.54. The van der Waals surface area contributed by atoms with E-state index in [1.54, 1.807) is 19.2 Å². The van der Waals surface area contributed by atoms with Crippen LogP contribution in [0.15, 0.2) is 54.6 Å². The monoisotopic (exact) mass is 377 g/mol. The molecular formula is C22H23N3O3. The highest BCUT2D eigenvalue weighted by Gasteiger charge is 2.43. The van der Waals surface area contributed by atoms with Crippen molar-refractivity contribution in [3.8, 4) is 5.75 Å². The minimum atomic E-state index is -1.17. The largest absolute Gasteiger partial charge is 0.497 e. The predicted molar refractivity (Wildman–Crippen MR) is 108 cm³/mol. The molecule has 0 fully saturated rings. The third-order valence-corrected chi connectivity index (χ3v) is 5.50. The van der Waals surface area contributed by atoms with Gasteiger partial charge in [-0.05, 0) is 48.3 Å². The van der Waals surface area contributed by atoms with E-state index in [1.807, 2.05) is 42.5 Å². The topological polar surface area (TPSA) is 93.4 Å². The van der Waals surface area contributed by atoms with Crippen molar-refractivity contribution in [3.63, 3.8) is 0 Å². The van der Waals surface area contributed by atoms with Gasteiger partial charge >= 0.3 is 0 Å². The van der Waals surface area contributed by atoms with Gasteiger partial charge in [-0.3, -0.25) is 9.59 Å². The Kier molecular flexibility index (Phi) is 4.55. The molecule has 2 aromatic carbocycles. The van der Waals surface area contributed by atoms with Gasteiger partial charge in [-0.1, -0.05) is 30.3 Å². The number of hydrogen-bond donors (Lipinski definition) is 3. The Balaban J connectivity index is 1.57. The minimum Gasteiger partial charge on any atom is -0.497 e. The number of methoxy groups -OCH3 is 1. The summed E-state index contributed by atoms with van der Waals surface area (Å²) in [5, 5.41) is 6.38. The number of carbonyl (C=O) groups is 2. The second-order valence-electron chi connectivity index (χ2n) is 7.29. The zero-order chi connectivity index (χ0) is 19.7. The number of nitrogens with one attached hydrogen (secondary N) is 2. The lowest BCUT2D eigenvalue weighted by Gasteiger charge is -2.35. The van der Waals surface area contributed by atoms with Crippen molar-refractivity contribution < 1.29 is 14.3 Å². The molecule has 4 rings (SSSR count). The number of fused-ring (bicyclic) bond motifs is 3. The Morgan fingerprint density at radius 3 is 2.68 bits per heavy atom. The molecular weight excluding hydrogens is 354 g/mol. The summed E-state index contributed by atoms with van der Waals surface area (Å²) in [6.45, 7) is 0. The van der Waals surface area contributed by atoms with Crippen molar-refractivity contribution in [2.24, 2.45) is 5.73 Å². The first kappa shape index (κ1) is 18.1. The van der Waals surface area contributed by atoms with Crippen LogP contribution in [0.25, 0.3) is 5.57 Å². The second-order valence-corrected chi connectivity index (χ2v) is 7.29. The molecule has 6 nitrogen and oxygen atoms in total. The van der Waals surface area contributed by atoms with Crippen LogP contribution in [-0.2, 0) is 16.0 Å². The molecule has 0 saturated heterocycles. The summed E-state index contributed by atoms with van der Waals surface area (Å²) in [5.74, 6) is -0.0439. The fourth-order valence-electron chi connectivity index (χ4n) is 4.01. The van der Waals surface area contributed by atoms with Crippen molar-refractivity contribution in [3.05, 3.63) is 65.7 Å². The molecule has 0 bridgehead atoms. The van der Waals surface area contributed by atoms with E-state index in [4.69, 9.17) is 10.5 Å². The average Bonchev–Trinajstić information content (AvgIpc) is 3.06. The molecule has 0 saturated carbocycles. The zero-order valence-corrected chi connectivity index (χ0v) is 15.7. The third-order valence-electron chi connectivity index (χ3n) is 5.50. The second kappa shape index (κ2) is 7.03. The Labute approximate surface area is 163 Å². The Bertz CT molecular complexity index is 952. The fourth-order valence-corrected chi connectivity index (χ4v) is 4.01. The van der Waals surface area contributed by atoms with Gasteiger partial charge in [0.1, 0.15) is 11.3 Å². The number of primary amides is 1. The molecule has 1 aliphatic carbocycles. The SMILES string of the molecule is COc1ccc(CC(=O)NC2(C(N)=O)C=C3c4ccccc4NC3CC2)cc1. The summed E-state index contributed by atoms with van der Waals surface area (Å²) < 4.78 is 5.14. The first-order valence-corrected chi connectivity index (χ1v) is 9.33. The van der Waals surface area contributed by atoms with Gasteiger partial charge in [-0.15, -0.1) is 0 Å². The van der Waals surface area contributed by atoms with Crippen molar-refractivity contribution in [2.45, 2.75) is 30.8 Å². The van der Waals surface area contributed by atoms with Crippen LogP contribution in [0, 0.1) is 0 Å². The van der Waals surface area contributed by atoms with Crippen LogP contribution in [-0.4, -0.2) is 30.5 Å². The van der Waals surface area contributed by atoms with Crippen LogP contribution < -0.4 is 21.1 Å². The third kappa shape index (κ3) is 3.22. The number of para-hydroxylation sites is 1. The van der Waals surface area contributed by atoms with E-state index in [9.17, 15) is 9.59 Å². The number of amides is 2. The summed E-state index contributed by atoms with van der Waals surface area (Å²) in [6.07, 6.45) is 3.19. The van der Waals surface area contributed by atoms with Crippen LogP contribution in [0.1, 0.15) is 24.0 Å². The quantitative estimate of drug-likeness (QED) is 0.745. The van der Waals surface area contributed by atoms with Crippen LogP contribution in [0.3, 0.4) is 0 Å². The number of benzene rings is 2. The first-order chi connectivity index (χ1) is 13.5. The molecule has 1 heterocycles. The smallest absolute Gasteiger partial charge is 0.247 e. The number of ether oxygens (including phenoxy) is 1. The van der Waals surface area contributed by atoms with E-state index in [1.165, 1.54) is 0 Å². The Morgan fingerprint density at radius 1 is 1.21 bits per heavy atom. The summed E-state index contributed by atoms with van der Waals surface area (Å²) in [7, 11) is 1.60. The molecule has 0 spiro atoms. The van der Waals surface area contributed by atoms with Crippen molar-refractivity contribution in [1.82, 2.24) is 5.32 Å². The molecule has 2 aliphatic rings. The molecule has 6 heteroatoms. The van der Waals surface area contributed by atoms with Gasteiger partial charge < -0.3 is 21.1 Å². The van der Waals surface area contributed by atoms with E-state index < -0.39 is 11.4 Å². The number of rotatable bonds is 5. The van der Waals surface area contributed by atoms with E-state index in [-0.39, 0.29) is 18.4 Å². The Morgan fingerprint density at radius 2 is 1.96 bits per heavy atom. The van der Waals surface area contributed by atoms with Gasteiger partial charge in [0.15, 0.2) is 0 Å². The predicted octanol–water partition coefficient (Wildman–Crippen LogP) is 2.25. The lowest BCUT2D eigenvalue weighted by atomic mass is 9.79. The summed E-state index contributed by atoms with van der Waals surface area (Å²) in [4.78, 5) is 25.1. The van der Waals surface area contributed by atoms with E-state index in [0.29, 0.717) is 12.8 Å². The number of anilines is 1. The highest BCUT2D eigenvalue weighted by molar-refractivity contribution is 5.98. The molecule has 144 valence electrons. The standard InChI is InChI=1S/C22H23N3O3/c1-28-15-8-6-14(7-9-15)12-20(26)25-22(21(23)27)11-10-19-17(13-22)16-4-2-3-5-18(16)24-19/h2-9,13,19,24H,10-12H2,1H3,(H2,23,27)(H,25,26). The van der Waals surface area contributed by atoms with Gasteiger partial charge in [0.2, 0.25) is 11.8 Å². The highest BCUT2D eigenvalue weighted by Crippen LogP contribution is 2.42. The van der Waals surface area contributed by atoms with Gasteiger partial charge in [0, 0.05) is 11.3 Å². The van der Waals surface area contributed by atoms with Crippen molar-refractivity contribution >= 4 is 23.1 Å². The maximum atomic E-state index is 12.7. The molecule has 1 aliphatic heterocycles. The van der Waals surface area contributed by atoms with Crippen LogP contribution in [0.2, 0.25) is 0 Å². The zero-order valence-electron chi connectivity index (χ0n) is 15.7.